The monoisotopic (exact) mass is 254 g/mol. The van der Waals surface area contributed by atoms with Gasteiger partial charge < -0.3 is 15.3 Å². The van der Waals surface area contributed by atoms with Gasteiger partial charge >= 0.3 is 12.0 Å². The highest BCUT2D eigenvalue weighted by Crippen LogP contribution is 2.14. The third kappa shape index (κ3) is 3.47. The zero-order valence-corrected chi connectivity index (χ0v) is 10.8. The van der Waals surface area contributed by atoms with Gasteiger partial charge in [0.1, 0.15) is 6.54 Å². The van der Waals surface area contributed by atoms with Crippen molar-refractivity contribution < 1.29 is 14.7 Å². The lowest BCUT2D eigenvalue weighted by Gasteiger charge is -2.18. The molecule has 0 spiro atoms. The van der Waals surface area contributed by atoms with E-state index in [1.54, 1.807) is 24.9 Å². The van der Waals surface area contributed by atoms with Gasteiger partial charge in [0.05, 0.1) is 11.4 Å². The summed E-state index contributed by atoms with van der Waals surface area (Å²) in [6.07, 6.45) is 2.40. The summed E-state index contributed by atoms with van der Waals surface area (Å²) in [5, 5.41) is 15.6. The van der Waals surface area contributed by atoms with Crippen molar-refractivity contribution in [1.82, 2.24) is 14.7 Å². The van der Waals surface area contributed by atoms with Crippen LogP contribution in [0.3, 0.4) is 0 Å². The molecule has 1 heterocycles. The number of aryl methyl sites for hydroxylation is 2. The minimum absolute atomic E-state index is 0.315. The Hall–Kier alpha value is -2.05. The van der Waals surface area contributed by atoms with E-state index in [0.717, 1.165) is 5.69 Å². The predicted octanol–water partition coefficient (Wildman–Crippen LogP) is 0.921. The SMILES string of the molecule is CCc1nn(C)cc1NC(=O)N(CC)CC(=O)O. The number of nitrogens with one attached hydrogen (secondary N) is 1. The van der Waals surface area contributed by atoms with E-state index >= 15 is 0 Å². The molecular weight excluding hydrogens is 236 g/mol. The zero-order chi connectivity index (χ0) is 13.7. The zero-order valence-electron chi connectivity index (χ0n) is 10.8. The number of carboxylic acid groups (broad SMARTS) is 1. The molecule has 0 fully saturated rings. The Morgan fingerprint density at radius 3 is 2.67 bits per heavy atom. The minimum Gasteiger partial charge on any atom is -0.480 e. The number of anilines is 1. The fourth-order valence-electron chi connectivity index (χ4n) is 1.58. The van der Waals surface area contributed by atoms with Crippen LogP contribution in [-0.2, 0) is 18.3 Å². The van der Waals surface area contributed by atoms with Crippen LogP contribution in [0, 0.1) is 0 Å². The Labute approximate surface area is 105 Å². The Bertz CT molecular complexity index is 441. The smallest absolute Gasteiger partial charge is 0.323 e. The third-order valence-electron chi connectivity index (χ3n) is 2.48. The molecule has 1 aromatic heterocycles. The topological polar surface area (TPSA) is 87.5 Å². The van der Waals surface area contributed by atoms with E-state index in [4.69, 9.17) is 5.11 Å². The predicted molar refractivity (Wildman–Crippen MR) is 66.5 cm³/mol. The van der Waals surface area contributed by atoms with Crippen molar-refractivity contribution in [3.05, 3.63) is 11.9 Å². The van der Waals surface area contributed by atoms with Crippen LogP contribution < -0.4 is 5.32 Å². The average Bonchev–Trinajstić information content (AvgIpc) is 2.65. The Kier molecular flexibility index (Phi) is 4.70. The van der Waals surface area contributed by atoms with Gasteiger partial charge in [0.15, 0.2) is 0 Å². The van der Waals surface area contributed by atoms with Crippen LogP contribution in [0.5, 0.6) is 0 Å². The van der Waals surface area contributed by atoms with Gasteiger partial charge in [-0.1, -0.05) is 6.92 Å². The number of amides is 2. The standard InChI is InChI=1S/C11H18N4O3/c1-4-8-9(6-14(3)13-8)12-11(18)15(5-2)7-10(16)17/h6H,4-5,7H2,1-3H3,(H,12,18)(H,16,17). The molecule has 0 saturated heterocycles. The molecular formula is C11H18N4O3. The molecule has 0 aliphatic carbocycles. The van der Waals surface area contributed by atoms with Crippen molar-refractivity contribution in [2.75, 3.05) is 18.4 Å². The highest BCUT2D eigenvalue weighted by molar-refractivity contribution is 5.91. The van der Waals surface area contributed by atoms with Gasteiger partial charge in [0.2, 0.25) is 0 Å². The average molecular weight is 254 g/mol. The molecule has 0 atom stereocenters. The number of aromatic nitrogens is 2. The quantitative estimate of drug-likeness (QED) is 0.818. The van der Waals surface area contributed by atoms with Crippen molar-refractivity contribution in [2.24, 2.45) is 7.05 Å². The third-order valence-corrected chi connectivity index (χ3v) is 2.48. The molecule has 0 aromatic carbocycles. The Morgan fingerprint density at radius 1 is 1.50 bits per heavy atom. The first kappa shape index (κ1) is 14.0. The van der Waals surface area contributed by atoms with Crippen LogP contribution in [0.1, 0.15) is 19.5 Å². The molecule has 100 valence electrons. The van der Waals surface area contributed by atoms with E-state index in [1.165, 1.54) is 4.90 Å². The summed E-state index contributed by atoms with van der Waals surface area (Å²) < 4.78 is 1.61. The van der Waals surface area contributed by atoms with Crippen molar-refractivity contribution in [3.8, 4) is 0 Å². The number of urea groups is 1. The van der Waals surface area contributed by atoms with Crippen LogP contribution in [0.2, 0.25) is 0 Å². The molecule has 0 aliphatic heterocycles. The molecule has 7 nitrogen and oxygen atoms in total. The highest BCUT2D eigenvalue weighted by Gasteiger charge is 2.17. The van der Waals surface area contributed by atoms with E-state index in [-0.39, 0.29) is 6.54 Å². The summed E-state index contributed by atoms with van der Waals surface area (Å²) in [7, 11) is 1.77. The number of nitrogens with zero attached hydrogens (tertiary/aromatic N) is 3. The molecule has 0 unspecified atom stereocenters. The van der Waals surface area contributed by atoms with Crippen molar-refractivity contribution in [3.63, 3.8) is 0 Å². The maximum Gasteiger partial charge on any atom is 0.323 e. The number of likely N-dealkylation sites (N-methyl/N-ethyl adjacent to an activating group) is 1. The molecule has 0 bridgehead atoms. The molecule has 1 aromatic rings. The number of carbonyl (C=O) groups is 2. The summed E-state index contributed by atoms with van der Waals surface area (Å²) in [5.74, 6) is -1.03. The molecule has 2 amide bonds. The molecule has 7 heteroatoms. The van der Waals surface area contributed by atoms with E-state index in [2.05, 4.69) is 10.4 Å². The van der Waals surface area contributed by atoms with E-state index in [1.807, 2.05) is 6.92 Å². The maximum atomic E-state index is 11.9. The molecule has 2 N–H and O–H groups in total. The number of carbonyl (C=O) groups excluding carboxylic acids is 1. The second kappa shape index (κ2) is 6.04. The van der Waals surface area contributed by atoms with Gasteiger partial charge in [-0.2, -0.15) is 5.10 Å². The highest BCUT2D eigenvalue weighted by atomic mass is 16.4. The molecule has 0 aliphatic rings. The summed E-state index contributed by atoms with van der Waals surface area (Å²) in [4.78, 5) is 23.7. The Balaban J connectivity index is 2.75. The van der Waals surface area contributed by atoms with E-state index < -0.39 is 12.0 Å². The van der Waals surface area contributed by atoms with Crippen LogP contribution in [-0.4, -0.2) is 44.9 Å². The largest absolute Gasteiger partial charge is 0.480 e. The van der Waals surface area contributed by atoms with Crippen LogP contribution in [0.15, 0.2) is 6.20 Å². The number of carboxylic acids is 1. The number of aliphatic carboxylic acids is 1. The lowest BCUT2D eigenvalue weighted by atomic mass is 10.3. The molecule has 0 saturated carbocycles. The first-order valence-corrected chi connectivity index (χ1v) is 5.78. The van der Waals surface area contributed by atoms with Gasteiger partial charge in [-0.15, -0.1) is 0 Å². The molecule has 0 radical (unpaired) electrons. The fraction of sp³-hybridized carbons (Fsp3) is 0.545. The molecule has 18 heavy (non-hydrogen) atoms. The van der Waals surface area contributed by atoms with Crippen LogP contribution in [0.25, 0.3) is 0 Å². The number of hydrogen-bond acceptors (Lipinski definition) is 3. The van der Waals surface area contributed by atoms with Crippen LogP contribution in [0.4, 0.5) is 10.5 Å². The summed E-state index contributed by atoms with van der Waals surface area (Å²) in [6.45, 7) is 3.68. The minimum atomic E-state index is -1.03. The fourth-order valence-corrected chi connectivity index (χ4v) is 1.58. The van der Waals surface area contributed by atoms with Crippen molar-refractivity contribution in [2.45, 2.75) is 20.3 Å². The lowest BCUT2D eigenvalue weighted by molar-refractivity contribution is -0.137. The van der Waals surface area contributed by atoms with Gasteiger partial charge in [-0.05, 0) is 13.3 Å². The Morgan fingerprint density at radius 2 is 2.17 bits per heavy atom. The van der Waals surface area contributed by atoms with Gasteiger partial charge in [0, 0.05) is 19.8 Å². The molecule has 1 rings (SSSR count). The summed E-state index contributed by atoms with van der Waals surface area (Å²) in [6, 6.07) is -0.428. The number of rotatable bonds is 5. The first-order chi connectivity index (χ1) is 8.47. The van der Waals surface area contributed by atoms with E-state index in [0.29, 0.717) is 18.7 Å². The van der Waals surface area contributed by atoms with Gasteiger partial charge in [-0.3, -0.25) is 9.48 Å². The van der Waals surface area contributed by atoms with Crippen molar-refractivity contribution in [1.29, 1.82) is 0 Å². The van der Waals surface area contributed by atoms with E-state index in [9.17, 15) is 9.59 Å². The first-order valence-electron chi connectivity index (χ1n) is 5.78. The maximum absolute atomic E-state index is 11.9. The normalized spacial score (nSPS) is 10.2. The second-order valence-corrected chi connectivity index (χ2v) is 3.85. The summed E-state index contributed by atoms with van der Waals surface area (Å²) in [5.41, 5.74) is 1.39. The second-order valence-electron chi connectivity index (χ2n) is 3.85. The van der Waals surface area contributed by atoms with Crippen LogP contribution >= 0.6 is 0 Å². The summed E-state index contributed by atoms with van der Waals surface area (Å²) >= 11 is 0. The number of hydrogen-bond donors (Lipinski definition) is 2. The van der Waals surface area contributed by atoms with Gasteiger partial charge in [0.25, 0.3) is 0 Å². The van der Waals surface area contributed by atoms with Crippen molar-refractivity contribution >= 4 is 17.7 Å². The lowest BCUT2D eigenvalue weighted by Crippen LogP contribution is -2.38. The van der Waals surface area contributed by atoms with Gasteiger partial charge in [-0.25, -0.2) is 4.79 Å².